The number of rotatable bonds is 12. The highest BCUT2D eigenvalue weighted by Crippen LogP contribution is 2.30. The van der Waals surface area contributed by atoms with E-state index in [9.17, 15) is 13.2 Å². The summed E-state index contributed by atoms with van der Waals surface area (Å²) in [5, 5.41) is 0. The number of amides is 1. The number of hydrogen-bond acceptors (Lipinski definition) is 7. The minimum absolute atomic E-state index is 0.101. The van der Waals surface area contributed by atoms with Crippen LogP contribution in [0.4, 0.5) is 0 Å². The molecular formula is C34H43N5O4S. The maximum Gasteiger partial charge on any atom is 0.264 e. The van der Waals surface area contributed by atoms with Crippen LogP contribution in [0.3, 0.4) is 0 Å². The van der Waals surface area contributed by atoms with Crippen molar-refractivity contribution in [1.82, 2.24) is 24.2 Å². The van der Waals surface area contributed by atoms with E-state index in [2.05, 4.69) is 34.1 Å². The Morgan fingerprint density at radius 2 is 1.66 bits per heavy atom. The van der Waals surface area contributed by atoms with Gasteiger partial charge in [-0.05, 0) is 60.7 Å². The number of sulfonamides is 1. The number of fused-ring (bicyclic) bond motifs is 1. The first-order chi connectivity index (χ1) is 21.2. The molecule has 0 aliphatic carbocycles. The molecule has 10 heteroatoms. The normalized spacial score (nSPS) is 14.3. The number of hydrogen-bond donors (Lipinski definition) is 1. The van der Waals surface area contributed by atoms with Crippen molar-refractivity contribution in [2.24, 2.45) is 0 Å². The Kier molecular flexibility index (Phi) is 10.1. The van der Waals surface area contributed by atoms with E-state index in [0.717, 1.165) is 77.3 Å². The number of imidazole rings is 1. The van der Waals surface area contributed by atoms with Gasteiger partial charge < -0.3 is 9.30 Å². The van der Waals surface area contributed by atoms with Crippen LogP contribution in [0, 0.1) is 13.8 Å². The molecule has 234 valence electrons. The molecule has 4 aromatic rings. The Balaban J connectivity index is 1.47. The van der Waals surface area contributed by atoms with Crippen molar-refractivity contribution in [3.8, 4) is 11.1 Å². The van der Waals surface area contributed by atoms with Crippen molar-refractivity contribution in [3.05, 3.63) is 76.7 Å². The van der Waals surface area contributed by atoms with E-state index in [1.807, 2.05) is 50.2 Å². The smallest absolute Gasteiger partial charge is 0.264 e. The quantitative estimate of drug-likeness (QED) is 0.208. The summed E-state index contributed by atoms with van der Waals surface area (Å²) in [5.74, 6) is 0.500. The molecule has 1 aliphatic rings. The number of morpholine rings is 1. The van der Waals surface area contributed by atoms with Gasteiger partial charge in [0.25, 0.3) is 10.0 Å². The highest BCUT2D eigenvalue weighted by Gasteiger charge is 2.23. The molecular weight excluding hydrogens is 574 g/mol. The molecule has 2 aromatic heterocycles. The van der Waals surface area contributed by atoms with Gasteiger partial charge in [-0.3, -0.25) is 9.69 Å². The van der Waals surface area contributed by atoms with E-state index in [1.54, 1.807) is 6.07 Å². The summed E-state index contributed by atoms with van der Waals surface area (Å²) in [6, 6.07) is 15.4. The fraction of sp³-hybridized carbons (Fsp3) is 0.441. The van der Waals surface area contributed by atoms with Gasteiger partial charge in [0.1, 0.15) is 11.3 Å². The lowest BCUT2D eigenvalue weighted by molar-refractivity contribution is -0.119. The first-order valence-electron chi connectivity index (χ1n) is 15.6. The van der Waals surface area contributed by atoms with Crippen molar-refractivity contribution < 1.29 is 17.9 Å². The predicted octanol–water partition coefficient (Wildman–Crippen LogP) is 5.54. The second-order valence-corrected chi connectivity index (χ2v) is 13.3. The summed E-state index contributed by atoms with van der Waals surface area (Å²) in [6.45, 7) is 12.5. The zero-order chi connectivity index (χ0) is 31.3. The van der Waals surface area contributed by atoms with E-state index < -0.39 is 15.9 Å². The van der Waals surface area contributed by atoms with Crippen LogP contribution in [-0.2, 0) is 39.1 Å². The van der Waals surface area contributed by atoms with Crippen LogP contribution in [-0.4, -0.2) is 60.1 Å². The Hall–Kier alpha value is -3.60. The molecule has 5 rings (SSSR count). The number of nitrogens with one attached hydrogen (secondary N) is 1. The molecule has 0 bridgehead atoms. The number of aryl methyl sites for hydroxylation is 3. The molecule has 1 amide bonds. The third-order valence-electron chi connectivity index (χ3n) is 8.12. The van der Waals surface area contributed by atoms with Crippen molar-refractivity contribution in [2.75, 3.05) is 26.3 Å². The maximum absolute atomic E-state index is 13.5. The van der Waals surface area contributed by atoms with Crippen molar-refractivity contribution in [2.45, 2.75) is 77.8 Å². The molecule has 9 nitrogen and oxygen atoms in total. The third kappa shape index (κ3) is 7.36. The van der Waals surface area contributed by atoms with Crippen molar-refractivity contribution in [1.29, 1.82) is 0 Å². The average molecular weight is 618 g/mol. The van der Waals surface area contributed by atoms with E-state index in [1.165, 1.54) is 0 Å². The minimum Gasteiger partial charge on any atom is -0.379 e. The van der Waals surface area contributed by atoms with Gasteiger partial charge >= 0.3 is 0 Å². The van der Waals surface area contributed by atoms with Crippen LogP contribution in [0.15, 0.2) is 53.4 Å². The fourth-order valence-corrected chi connectivity index (χ4v) is 7.03. The number of pyridine rings is 1. The monoisotopic (exact) mass is 617 g/mol. The van der Waals surface area contributed by atoms with E-state index >= 15 is 0 Å². The van der Waals surface area contributed by atoms with Crippen LogP contribution < -0.4 is 4.72 Å². The highest BCUT2D eigenvalue weighted by molar-refractivity contribution is 7.90. The molecule has 1 N–H and O–H groups in total. The molecule has 1 fully saturated rings. The average Bonchev–Trinajstić information content (AvgIpc) is 3.35. The molecule has 3 heterocycles. The summed E-state index contributed by atoms with van der Waals surface area (Å²) in [7, 11) is -4.07. The van der Waals surface area contributed by atoms with Crippen molar-refractivity contribution >= 4 is 27.1 Å². The number of ether oxygens (including phenoxy) is 1. The number of unbranched alkanes of at least 4 members (excludes halogenated alkanes) is 2. The molecule has 2 aromatic carbocycles. The lowest BCUT2D eigenvalue weighted by Gasteiger charge is -2.27. The summed E-state index contributed by atoms with van der Waals surface area (Å²) in [5.41, 5.74) is 7.28. The first-order valence-corrected chi connectivity index (χ1v) is 17.1. The van der Waals surface area contributed by atoms with Gasteiger partial charge in [-0.1, -0.05) is 57.0 Å². The van der Waals surface area contributed by atoms with Gasteiger partial charge in [0.15, 0.2) is 5.65 Å². The first kappa shape index (κ1) is 31.8. The van der Waals surface area contributed by atoms with Gasteiger partial charge in [-0.15, -0.1) is 0 Å². The Bertz CT molecular complexity index is 1720. The molecule has 0 spiro atoms. The lowest BCUT2D eigenvalue weighted by atomic mass is 10.0. The van der Waals surface area contributed by atoms with Crippen molar-refractivity contribution in [3.63, 3.8) is 0 Å². The lowest BCUT2D eigenvalue weighted by Crippen LogP contribution is -2.35. The Labute approximate surface area is 260 Å². The molecule has 1 aliphatic heterocycles. The standard InChI is InChI=1S/C34H43N5O4S/c1-5-7-8-9-32(40)37-44(41,42)30-15-12-27(22-38-16-18-43-19-17-38)21-29(30)28-13-10-26(11-14-28)23-39-31(6-2)36-33-24(3)20-25(4)35-34(33)39/h10-15,20-21H,5-9,16-19,22-23H2,1-4H3,(H,37,40). The topological polar surface area (TPSA) is 106 Å². The van der Waals surface area contributed by atoms with Gasteiger partial charge in [0.05, 0.1) is 24.7 Å². The van der Waals surface area contributed by atoms with E-state index in [4.69, 9.17) is 14.7 Å². The van der Waals surface area contributed by atoms with Crippen LogP contribution in [0.2, 0.25) is 0 Å². The molecule has 0 unspecified atom stereocenters. The molecule has 0 radical (unpaired) electrons. The van der Waals surface area contributed by atoms with E-state index in [-0.39, 0.29) is 11.3 Å². The summed E-state index contributed by atoms with van der Waals surface area (Å²) in [4.78, 5) is 24.6. The third-order valence-corrected chi connectivity index (χ3v) is 9.55. The van der Waals surface area contributed by atoms with Crippen LogP contribution in [0.1, 0.15) is 67.7 Å². The molecule has 0 saturated carbocycles. The number of benzene rings is 2. The van der Waals surface area contributed by atoms with Crippen LogP contribution in [0.5, 0.6) is 0 Å². The van der Waals surface area contributed by atoms with Crippen LogP contribution >= 0.6 is 0 Å². The summed E-state index contributed by atoms with van der Waals surface area (Å²) in [6.07, 6.45) is 3.46. The SMILES string of the molecule is CCCCCC(=O)NS(=O)(=O)c1ccc(CN2CCOCC2)cc1-c1ccc(Cn2c(CC)nc3c(C)cc(C)nc32)cc1. The molecule has 0 atom stereocenters. The summed E-state index contributed by atoms with van der Waals surface area (Å²) >= 11 is 0. The van der Waals surface area contributed by atoms with Gasteiger partial charge in [-0.2, -0.15) is 0 Å². The zero-order valence-corrected chi connectivity index (χ0v) is 27.0. The van der Waals surface area contributed by atoms with Gasteiger partial charge in [-0.25, -0.2) is 23.1 Å². The number of nitrogens with zero attached hydrogens (tertiary/aromatic N) is 4. The largest absolute Gasteiger partial charge is 0.379 e. The fourth-order valence-electron chi connectivity index (χ4n) is 5.80. The number of carbonyl (C=O) groups is 1. The van der Waals surface area contributed by atoms with Crippen LogP contribution in [0.25, 0.3) is 22.3 Å². The molecule has 44 heavy (non-hydrogen) atoms. The van der Waals surface area contributed by atoms with Gasteiger partial charge in [0, 0.05) is 43.7 Å². The highest BCUT2D eigenvalue weighted by atomic mass is 32.2. The predicted molar refractivity (Wildman–Crippen MR) is 173 cm³/mol. The van der Waals surface area contributed by atoms with Gasteiger partial charge in [0.2, 0.25) is 5.91 Å². The maximum atomic E-state index is 13.5. The minimum atomic E-state index is -4.07. The number of carbonyl (C=O) groups excluding carboxylic acids is 1. The second kappa shape index (κ2) is 14.0. The van der Waals surface area contributed by atoms with E-state index in [0.29, 0.717) is 38.3 Å². The Morgan fingerprint density at radius 3 is 2.36 bits per heavy atom. The second-order valence-electron chi connectivity index (χ2n) is 11.6. The number of aromatic nitrogens is 3. The summed E-state index contributed by atoms with van der Waals surface area (Å²) < 4.78 is 37.0. The Morgan fingerprint density at radius 1 is 0.932 bits per heavy atom. The zero-order valence-electron chi connectivity index (χ0n) is 26.2. The molecule has 1 saturated heterocycles.